The predicted molar refractivity (Wildman–Crippen MR) is 142 cm³/mol. The van der Waals surface area contributed by atoms with Crippen LogP contribution in [0, 0.1) is 0 Å². The number of hydrogen-bond acceptors (Lipinski definition) is 2. The van der Waals surface area contributed by atoms with Gasteiger partial charge in [0, 0.05) is 32.6 Å². The Morgan fingerprint density at radius 1 is 0.735 bits per heavy atom. The highest BCUT2D eigenvalue weighted by atomic mass is 32.2. The summed E-state index contributed by atoms with van der Waals surface area (Å²) in [4.78, 5) is 2.65. The first-order valence-electron chi connectivity index (χ1n) is 12.2. The third-order valence-electron chi connectivity index (χ3n) is 7.73. The molecule has 0 spiro atoms. The van der Waals surface area contributed by atoms with E-state index in [0.29, 0.717) is 0 Å². The SMILES string of the molecule is c1ccc2c(c1)Sc1cccc3c1B2c1ccc(-n2c4c(c5ccccc52)CCCC4)cc1O3. The highest BCUT2D eigenvalue weighted by Gasteiger charge is 2.38. The van der Waals surface area contributed by atoms with E-state index in [0.717, 1.165) is 17.9 Å². The Kier molecular flexibility index (Phi) is 3.95. The van der Waals surface area contributed by atoms with E-state index in [1.165, 1.54) is 73.3 Å². The molecular formula is C30H22BNOS. The van der Waals surface area contributed by atoms with Crippen molar-refractivity contribution in [2.45, 2.75) is 35.5 Å². The minimum absolute atomic E-state index is 0.219. The zero-order valence-corrected chi connectivity index (χ0v) is 19.6. The number of benzene rings is 4. The molecule has 0 saturated heterocycles. The molecule has 0 unspecified atom stereocenters. The van der Waals surface area contributed by atoms with Crippen molar-refractivity contribution in [2.24, 2.45) is 0 Å². The maximum atomic E-state index is 6.61. The van der Waals surface area contributed by atoms with Gasteiger partial charge < -0.3 is 9.30 Å². The average Bonchev–Trinajstić information content (AvgIpc) is 3.23. The molecule has 0 bridgehead atoms. The lowest BCUT2D eigenvalue weighted by molar-refractivity contribution is 0.486. The van der Waals surface area contributed by atoms with Gasteiger partial charge >= 0.3 is 0 Å². The molecule has 5 aromatic rings. The Balaban J connectivity index is 1.36. The normalized spacial score (nSPS) is 15.2. The van der Waals surface area contributed by atoms with E-state index in [9.17, 15) is 0 Å². The van der Waals surface area contributed by atoms with Gasteiger partial charge in [0.05, 0.1) is 5.52 Å². The van der Waals surface area contributed by atoms with Crippen molar-refractivity contribution in [2.75, 3.05) is 0 Å². The first-order valence-corrected chi connectivity index (χ1v) is 13.0. The smallest absolute Gasteiger partial charge is 0.253 e. The Morgan fingerprint density at radius 3 is 2.59 bits per heavy atom. The maximum Gasteiger partial charge on any atom is 0.253 e. The van der Waals surface area contributed by atoms with Gasteiger partial charge in [0.2, 0.25) is 0 Å². The maximum absolute atomic E-state index is 6.61. The molecule has 0 fully saturated rings. The summed E-state index contributed by atoms with van der Waals surface area (Å²) in [5.41, 5.74) is 9.49. The largest absolute Gasteiger partial charge is 0.458 e. The minimum Gasteiger partial charge on any atom is -0.458 e. The Bertz CT molecular complexity index is 1640. The fourth-order valence-electron chi connectivity index (χ4n) is 6.29. The molecule has 0 atom stereocenters. The average molecular weight is 455 g/mol. The molecule has 0 saturated carbocycles. The third kappa shape index (κ3) is 2.55. The van der Waals surface area contributed by atoms with Gasteiger partial charge in [-0.2, -0.15) is 0 Å². The highest BCUT2D eigenvalue weighted by molar-refractivity contribution is 8.00. The van der Waals surface area contributed by atoms with E-state index >= 15 is 0 Å². The number of fused-ring (bicyclic) bond motifs is 7. The van der Waals surface area contributed by atoms with Gasteiger partial charge in [-0.15, -0.1) is 0 Å². The van der Waals surface area contributed by atoms with Crippen molar-refractivity contribution in [1.29, 1.82) is 0 Å². The van der Waals surface area contributed by atoms with E-state index in [4.69, 9.17) is 4.74 Å². The van der Waals surface area contributed by atoms with Gasteiger partial charge in [-0.3, -0.25) is 0 Å². The zero-order valence-electron chi connectivity index (χ0n) is 18.8. The van der Waals surface area contributed by atoms with Crippen molar-refractivity contribution in [3.63, 3.8) is 0 Å². The summed E-state index contributed by atoms with van der Waals surface area (Å²) in [6.45, 7) is 0.219. The lowest BCUT2D eigenvalue weighted by Crippen LogP contribution is -2.57. The Hall–Kier alpha value is -3.37. The molecule has 162 valence electrons. The number of rotatable bonds is 1. The van der Waals surface area contributed by atoms with Crippen LogP contribution in [0.3, 0.4) is 0 Å². The molecule has 1 aromatic heterocycles. The van der Waals surface area contributed by atoms with Gasteiger partial charge in [0.15, 0.2) is 0 Å². The molecule has 1 aliphatic carbocycles. The van der Waals surface area contributed by atoms with E-state index in [-0.39, 0.29) is 6.71 Å². The van der Waals surface area contributed by atoms with Gasteiger partial charge in [0.25, 0.3) is 6.71 Å². The predicted octanol–water partition coefficient (Wildman–Crippen LogP) is 5.60. The van der Waals surface area contributed by atoms with Crippen LogP contribution in [-0.2, 0) is 12.8 Å². The van der Waals surface area contributed by atoms with Crippen LogP contribution >= 0.6 is 11.8 Å². The Morgan fingerprint density at radius 2 is 1.59 bits per heavy atom. The van der Waals surface area contributed by atoms with Crippen LogP contribution in [-0.4, -0.2) is 11.3 Å². The van der Waals surface area contributed by atoms with Crippen LogP contribution in [0.25, 0.3) is 16.6 Å². The molecule has 34 heavy (non-hydrogen) atoms. The first-order chi connectivity index (χ1) is 16.9. The van der Waals surface area contributed by atoms with Crippen molar-refractivity contribution in [3.8, 4) is 17.2 Å². The van der Waals surface area contributed by atoms with Gasteiger partial charge in [-0.05, 0) is 72.5 Å². The quantitative estimate of drug-likeness (QED) is 0.300. The van der Waals surface area contributed by atoms with E-state index in [2.05, 4.69) is 89.5 Å². The van der Waals surface area contributed by atoms with Crippen molar-refractivity contribution < 1.29 is 4.74 Å². The molecular weight excluding hydrogens is 433 g/mol. The minimum atomic E-state index is 0.219. The summed E-state index contributed by atoms with van der Waals surface area (Å²) in [6.07, 6.45) is 4.86. The number of aryl methyl sites for hydroxylation is 1. The van der Waals surface area contributed by atoms with Crippen molar-refractivity contribution in [1.82, 2.24) is 4.57 Å². The molecule has 2 nitrogen and oxygen atoms in total. The number of hydrogen-bond donors (Lipinski definition) is 0. The number of nitrogens with zero attached hydrogens (tertiary/aromatic N) is 1. The standard InChI is InChI=1S/C30H22BNOS/c1-4-11-24-20(8-1)21-9-2-5-12-25(21)32(24)19-16-17-22-27(18-19)33-26-13-7-15-29-30(26)31(22)23-10-3-6-14-28(23)34-29/h1,3-4,6-8,10-11,13-18H,2,5,9,12H2. The third-order valence-corrected chi connectivity index (χ3v) is 8.90. The zero-order chi connectivity index (χ0) is 22.2. The summed E-state index contributed by atoms with van der Waals surface area (Å²) < 4.78 is 9.10. The molecule has 3 aliphatic rings. The number of para-hydroxylation sites is 1. The van der Waals surface area contributed by atoms with Crippen LogP contribution in [0.1, 0.15) is 24.1 Å². The molecule has 0 amide bonds. The fourth-order valence-corrected chi connectivity index (χ4v) is 7.46. The van der Waals surface area contributed by atoms with E-state index in [1.54, 1.807) is 0 Å². The van der Waals surface area contributed by atoms with Crippen LogP contribution in [0.5, 0.6) is 11.5 Å². The molecule has 2 aliphatic heterocycles. The molecule has 4 heteroatoms. The van der Waals surface area contributed by atoms with Crippen LogP contribution in [0.15, 0.2) is 94.7 Å². The second-order valence-electron chi connectivity index (χ2n) is 9.55. The summed E-state index contributed by atoms with van der Waals surface area (Å²) in [5, 5.41) is 1.41. The van der Waals surface area contributed by atoms with Gasteiger partial charge in [0.1, 0.15) is 11.5 Å². The first kappa shape index (κ1) is 19.0. The van der Waals surface area contributed by atoms with Crippen LogP contribution < -0.4 is 21.1 Å². The fraction of sp³-hybridized carbons (Fsp3) is 0.133. The second-order valence-corrected chi connectivity index (χ2v) is 10.6. The Labute approximate surface area is 203 Å². The van der Waals surface area contributed by atoms with Crippen molar-refractivity contribution >= 4 is 45.8 Å². The number of ether oxygens (including phenoxy) is 1. The molecule has 0 radical (unpaired) electrons. The summed E-state index contributed by atoms with van der Waals surface area (Å²) in [6, 6.07) is 31.1. The second kappa shape index (κ2) is 7.07. The molecule has 0 N–H and O–H groups in total. The molecule has 3 heterocycles. The van der Waals surface area contributed by atoms with Gasteiger partial charge in [-0.25, -0.2) is 0 Å². The van der Waals surface area contributed by atoms with Crippen LogP contribution in [0.2, 0.25) is 0 Å². The summed E-state index contributed by atoms with van der Waals surface area (Å²) >= 11 is 1.86. The molecule has 8 rings (SSSR count). The lowest BCUT2D eigenvalue weighted by atomic mass is 9.35. The molecule has 4 aromatic carbocycles. The van der Waals surface area contributed by atoms with Crippen molar-refractivity contribution in [3.05, 3.63) is 96.2 Å². The van der Waals surface area contributed by atoms with E-state index in [1.807, 2.05) is 11.8 Å². The van der Waals surface area contributed by atoms with Crippen LogP contribution in [0.4, 0.5) is 0 Å². The van der Waals surface area contributed by atoms with E-state index < -0.39 is 0 Å². The lowest BCUT2D eigenvalue weighted by Gasteiger charge is -2.33. The monoisotopic (exact) mass is 455 g/mol. The highest BCUT2D eigenvalue weighted by Crippen LogP contribution is 2.38. The summed E-state index contributed by atoms with van der Waals surface area (Å²) in [5.74, 6) is 1.98. The van der Waals surface area contributed by atoms with Gasteiger partial charge in [-0.1, -0.05) is 65.8 Å². The topological polar surface area (TPSA) is 14.2 Å². The number of aromatic nitrogens is 1. The summed E-state index contributed by atoms with van der Waals surface area (Å²) in [7, 11) is 0.